The van der Waals surface area contributed by atoms with E-state index in [1.54, 1.807) is 24.3 Å². The van der Waals surface area contributed by atoms with Gasteiger partial charge >= 0.3 is 5.97 Å². The van der Waals surface area contributed by atoms with Crippen LogP contribution in [-0.4, -0.2) is 29.2 Å². The van der Waals surface area contributed by atoms with E-state index in [2.05, 4.69) is 5.32 Å². The third-order valence-electron chi connectivity index (χ3n) is 2.87. The van der Waals surface area contributed by atoms with Crippen LogP contribution >= 0.6 is 0 Å². The van der Waals surface area contributed by atoms with Gasteiger partial charge in [-0.1, -0.05) is 6.07 Å². The number of hydrogen-bond donors (Lipinski definition) is 3. The molecule has 0 unspecified atom stereocenters. The lowest BCUT2D eigenvalue weighted by Crippen LogP contribution is -2.12. The number of ether oxygens (including phenoxy) is 1. The molecule has 0 aliphatic carbocycles. The monoisotopic (exact) mass is 287 g/mol. The Bertz CT molecular complexity index is 679. The van der Waals surface area contributed by atoms with Crippen LogP contribution in [0.15, 0.2) is 42.5 Å². The van der Waals surface area contributed by atoms with Crippen LogP contribution in [0.1, 0.15) is 20.7 Å². The number of carbonyl (C=O) groups excluding carboxylic acids is 1. The lowest BCUT2D eigenvalue weighted by molar-refractivity contribution is 0.0693. The van der Waals surface area contributed by atoms with Crippen molar-refractivity contribution < 1.29 is 24.5 Å². The number of phenols is 1. The molecule has 108 valence electrons. The number of aromatic hydroxyl groups is 1. The average Bonchev–Trinajstić information content (AvgIpc) is 2.49. The summed E-state index contributed by atoms with van der Waals surface area (Å²) in [5, 5.41) is 21.2. The first-order valence-corrected chi connectivity index (χ1v) is 6.03. The van der Waals surface area contributed by atoms with E-state index in [1.807, 2.05) is 0 Å². The first-order valence-electron chi connectivity index (χ1n) is 6.03. The van der Waals surface area contributed by atoms with Gasteiger partial charge in [-0.05, 0) is 36.4 Å². The molecule has 3 N–H and O–H groups in total. The van der Waals surface area contributed by atoms with Gasteiger partial charge in [0.2, 0.25) is 0 Å². The molecular weight excluding hydrogens is 274 g/mol. The zero-order valence-electron chi connectivity index (χ0n) is 11.2. The summed E-state index contributed by atoms with van der Waals surface area (Å²) < 4.78 is 4.99. The van der Waals surface area contributed by atoms with Crippen molar-refractivity contribution in [2.24, 2.45) is 0 Å². The molecule has 0 aliphatic heterocycles. The van der Waals surface area contributed by atoms with Gasteiger partial charge < -0.3 is 20.3 Å². The topological polar surface area (TPSA) is 95.9 Å². The van der Waals surface area contributed by atoms with E-state index in [9.17, 15) is 14.7 Å². The first-order chi connectivity index (χ1) is 10.0. The molecule has 2 rings (SSSR count). The Morgan fingerprint density at radius 2 is 1.76 bits per heavy atom. The maximum Gasteiger partial charge on any atom is 0.339 e. The Balaban J connectivity index is 2.23. The van der Waals surface area contributed by atoms with Crippen molar-refractivity contribution in [3.8, 4) is 11.5 Å². The Morgan fingerprint density at radius 3 is 2.33 bits per heavy atom. The molecule has 0 saturated carbocycles. The number of aromatic carboxylic acids is 1. The minimum atomic E-state index is -1.27. The number of carboxylic acid groups (broad SMARTS) is 1. The molecule has 0 fully saturated rings. The van der Waals surface area contributed by atoms with Gasteiger partial charge in [0.05, 0.1) is 12.8 Å². The first kappa shape index (κ1) is 14.4. The lowest BCUT2D eigenvalue weighted by atomic mass is 10.1. The van der Waals surface area contributed by atoms with Gasteiger partial charge in [-0.15, -0.1) is 0 Å². The maximum atomic E-state index is 12.0. The van der Waals surface area contributed by atoms with Gasteiger partial charge in [0, 0.05) is 5.56 Å². The Morgan fingerprint density at radius 1 is 1.10 bits per heavy atom. The van der Waals surface area contributed by atoms with Crippen LogP contribution < -0.4 is 10.1 Å². The highest BCUT2D eigenvalue weighted by Crippen LogP contribution is 2.28. The molecule has 0 saturated heterocycles. The van der Waals surface area contributed by atoms with Crippen LogP contribution in [0.4, 0.5) is 5.69 Å². The fourth-order valence-corrected chi connectivity index (χ4v) is 1.75. The van der Waals surface area contributed by atoms with Crippen molar-refractivity contribution in [1.29, 1.82) is 0 Å². The molecule has 21 heavy (non-hydrogen) atoms. The van der Waals surface area contributed by atoms with Crippen molar-refractivity contribution in [1.82, 2.24) is 0 Å². The number of rotatable bonds is 4. The van der Waals surface area contributed by atoms with E-state index in [1.165, 1.54) is 25.3 Å². The summed E-state index contributed by atoms with van der Waals surface area (Å²) in [7, 11) is 1.52. The van der Waals surface area contributed by atoms with Crippen LogP contribution in [0.3, 0.4) is 0 Å². The molecule has 6 nitrogen and oxygen atoms in total. The number of nitrogens with one attached hydrogen (secondary N) is 1. The summed E-state index contributed by atoms with van der Waals surface area (Å²) in [6.07, 6.45) is 0. The number of carbonyl (C=O) groups is 2. The number of para-hydroxylation sites is 1. The van der Waals surface area contributed by atoms with E-state index in [0.717, 1.165) is 0 Å². The Kier molecular flexibility index (Phi) is 4.08. The van der Waals surface area contributed by atoms with E-state index in [4.69, 9.17) is 9.84 Å². The fraction of sp³-hybridized carbons (Fsp3) is 0.0667. The van der Waals surface area contributed by atoms with Gasteiger partial charge in [0.25, 0.3) is 5.91 Å². The lowest BCUT2D eigenvalue weighted by Gasteiger charge is -2.09. The molecule has 0 spiro atoms. The highest BCUT2D eigenvalue weighted by Gasteiger charge is 2.15. The zero-order valence-corrected chi connectivity index (χ0v) is 11.2. The number of carboxylic acids is 1. The van der Waals surface area contributed by atoms with Crippen LogP contribution in [0.25, 0.3) is 0 Å². The second kappa shape index (κ2) is 5.96. The molecule has 6 heteroatoms. The molecule has 2 aromatic rings. The van der Waals surface area contributed by atoms with Gasteiger partial charge in [0.15, 0.2) is 5.75 Å². The van der Waals surface area contributed by atoms with Gasteiger partial charge in [-0.25, -0.2) is 4.79 Å². The highest BCUT2D eigenvalue weighted by atomic mass is 16.5. The van der Waals surface area contributed by atoms with Gasteiger partial charge in [0.1, 0.15) is 11.3 Å². The number of benzene rings is 2. The minimum absolute atomic E-state index is 0.0377. The highest BCUT2D eigenvalue weighted by molar-refractivity contribution is 6.06. The number of hydrogen-bond acceptors (Lipinski definition) is 4. The minimum Gasteiger partial charge on any atom is -0.505 e. The number of amides is 1. The molecule has 0 heterocycles. The third kappa shape index (κ3) is 3.11. The molecule has 0 atom stereocenters. The van der Waals surface area contributed by atoms with Gasteiger partial charge in [-0.2, -0.15) is 0 Å². The quantitative estimate of drug-likeness (QED) is 0.750. The number of anilines is 1. The smallest absolute Gasteiger partial charge is 0.339 e. The van der Waals surface area contributed by atoms with E-state index in [-0.39, 0.29) is 11.3 Å². The SMILES string of the molecule is COc1ccc(C(=O)Nc2cccc(C(=O)O)c2O)cc1. The van der Waals surface area contributed by atoms with Crippen LogP contribution in [0.2, 0.25) is 0 Å². The molecule has 0 bridgehead atoms. The molecule has 0 aromatic heterocycles. The molecule has 2 aromatic carbocycles. The summed E-state index contributed by atoms with van der Waals surface area (Å²) in [4.78, 5) is 23.0. The second-order valence-electron chi connectivity index (χ2n) is 4.19. The average molecular weight is 287 g/mol. The zero-order chi connectivity index (χ0) is 15.4. The number of methoxy groups -OCH3 is 1. The standard InChI is InChI=1S/C15H13NO5/c1-21-10-7-5-9(6-8-10)14(18)16-12-4-2-3-11(13(12)17)15(19)20/h2-8,17H,1H3,(H,16,18)(H,19,20). The van der Waals surface area contributed by atoms with E-state index >= 15 is 0 Å². The predicted molar refractivity (Wildman–Crippen MR) is 76.0 cm³/mol. The second-order valence-corrected chi connectivity index (χ2v) is 4.19. The van der Waals surface area contributed by atoms with Crippen LogP contribution in [-0.2, 0) is 0 Å². The third-order valence-corrected chi connectivity index (χ3v) is 2.87. The summed E-state index contributed by atoms with van der Waals surface area (Å²) in [5.74, 6) is -1.60. The normalized spacial score (nSPS) is 9.95. The maximum absolute atomic E-state index is 12.0. The Hall–Kier alpha value is -3.02. The van der Waals surface area contributed by atoms with Crippen molar-refractivity contribution in [2.45, 2.75) is 0 Å². The van der Waals surface area contributed by atoms with Crippen LogP contribution in [0.5, 0.6) is 11.5 Å². The summed E-state index contributed by atoms with van der Waals surface area (Å²) in [6.45, 7) is 0. The largest absolute Gasteiger partial charge is 0.505 e. The van der Waals surface area contributed by atoms with Crippen molar-refractivity contribution in [3.05, 3.63) is 53.6 Å². The molecular formula is C15H13NO5. The summed E-state index contributed by atoms with van der Waals surface area (Å²) in [6, 6.07) is 10.5. The van der Waals surface area contributed by atoms with Crippen molar-refractivity contribution >= 4 is 17.6 Å². The van der Waals surface area contributed by atoms with Gasteiger partial charge in [-0.3, -0.25) is 4.79 Å². The Labute approximate surface area is 120 Å². The molecule has 1 amide bonds. The predicted octanol–water partition coefficient (Wildman–Crippen LogP) is 2.35. The van der Waals surface area contributed by atoms with E-state index in [0.29, 0.717) is 11.3 Å². The molecule has 0 radical (unpaired) electrons. The fourth-order valence-electron chi connectivity index (χ4n) is 1.75. The van der Waals surface area contributed by atoms with E-state index < -0.39 is 17.6 Å². The summed E-state index contributed by atoms with van der Waals surface area (Å²) in [5.41, 5.74) is 0.120. The van der Waals surface area contributed by atoms with Crippen molar-refractivity contribution in [2.75, 3.05) is 12.4 Å². The van der Waals surface area contributed by atoms with Crippen LogP contribution in [0, 0.1) is 0 Å². The summed E-state index contributed by atoms with van der Waals surface area (Å²) >= 11 is 0. The molecule has 0 aliphatic rings. The van der Waals surface area contributed by atoms with Crippen molar-refractivity contribution in [3.63, 3.8) is 0 Å².